The molecule has 7 nitrogen and oxygen atoms in total. The molecule has 0 saturated heterocycles. The van der Waals surface area contributed by atoms with Gasteiger partial charge in [-0.15, -0.1) is 0 Å². The van der Waals surface area contributed by atoms with Gasteiger partial charge in [-0.2, -0.15) is 0 Å². The first-order valence-electron chi connectivity index (χ1n) is 12.3. The normalized spacial score (nSPS) is 27.4. The molecule has 188 valence electrons. The number of aromatic nitrogens is 2. The number of carboxylic acid groups (broad SMARTS) is 1. The second-order valence-electron chi connectivity index (χ2n) is 10.2. The molecule has 3 aliphatic carbocycles. The summed E-state index contributed by atoms with van der Waals surface area (Å²) in [5.41, 5.74) is 1.60. The van der Waals surface area contributed by atoms with E-state index in [4.69, 9.17) is 32.5 Å². The number of fused-ring (bicyclic) bond motifs is 2. The third-order valence-electron chi connectivity index (χ3n) is 8.05. The van der Waals surface area contributed by atoms with Crippen LogP contribution in [0.3, 0.4) is 0 Å². The summed E-state index contributed by atoms with van der Waals surface area (Å²) in [5.74, 6) is 0.0415. The zero-order valence-corrected chi connectivity index (χ0v) is 21.0. The number of hydrogen-bond donors (Lipinski definition) is 2. The van der Waals surface area contributed by atoms with Gasteiger partial charge in [0, 0.05) is 23.2 Å². The summed E-state index contributed by atoms with van der Waals surface area (Å²) in [4.78, 5) is 15.8. The number of aliphatic hydroxyl groups is 1. The van der Waals surface area contributed by atoms with Gasteiger partial charge in [0.1, 0.15) is 17.1 Å². The molecule has 2 N–H and O–H groups in total. The highest BCUT2D eigenvalue weighted by Crippen LogP contribution is 2.55. The van der Waals surface area contributed by atoms with Gasteiger partial charge in [-0.3, -0.25) is 4.98 Å². The fourth-order valence-electron chi connectivity index (χ4n) is 6.09. The summed E-state index contributed by atoms with van der Waals surface area (Å²) in [6.07, 6.45) is 6.55. The fraction of sp³-hybridized carbons (Fsp3) is 0.444. The van der Waals surface area contributed by atoms with Gasteiger partial charge in [-0.1, -0.05) is 34.4 Å². The molecule has 3 fully saturated rings. The molecule has 36 heavy (non-hydrogen) atoms. The first-order valence-corrected chi connectivity index (χ1v) is 13.1. The molecule has 0 aliphatic heterocycles. The number of nitrogens with zero attached hydrogens (tertiary/aromatic N) is 2. The maximum absolute atomic E-state index is 11.7. The van der Waals surface area contributed by atoms with E-state index in [9.17, 15) is 15.0 Å². The van der Waals surface area contributed by atoms with Crippen LogP contribution in [0.5, 0.6) is 0 Å². The number of carbonyl (C=O) groups is 1. The van der Waals surface area contributed by atoms with Gasteiger partial charge in [-0.25, -0.2) is 4.79 Å². The van der Waals surface area contributed by atoms with Gasteiger partial charge in [0.2, 0.25) is 0 Å². The Morgan fingerprint density at radius 2 is 1.81 bits per heavy atom. The largest absolute Gasteiger partial charge is 0.478 e. The molecule has 2 unspecified atom stereocenters. The summed E-state index contributed by atoms with van der Waals surface area (Å²) < 4.78 is 12.2. The molecule has 2 atom stereocenters. The minimum atomic E-state index is -1.14. The number of pyridine rings is 1. The molecular formula is C27H26Cl2N2O5. The molecule has 3 aromatic rings. The summed E-state index contributed by atoms with van der Waals surface area (Å²) in [7, 11) is 0. The Hall–Kier alpha value is -2.45. The van der Waals surface area contributed by atoms with Crippen LogP contribution >= 0.6 is 23.2 Å². The zero-order chi connectivity index (χ0) is 25.0. The Balaban J connectivity index is 1.23. The van der Waals surface area contributed by atoms with Crippen LogP contribution in [-0.2, 0) is 16.9 Å². The van der Waals surface area contributed by atoms with Crippen LogP contribution in [0.25, 0.3) is 11.3 Å². The quantitative estimate of drug-likeness (QED) is 0.375. The van der Waals surface area contributed by atoms with Crippen LogP contribution in [-0.4, -0.2) is 32.4 Å². The van der Waals surface area contributed by atoms with E-state index >= 15 is 0 Å². The van der Waals surface area contributed by atoms with E-state index < -0.39 is 11.6 Å². The third kappa shape index (κ3) is 4.02. The van der Waals surface area contributed by atoms with Crippen LogP contribution in [0.15, 0.2) is 41.1 Å². The highest BCUT2D eigenvalue weighted by Gasteiger charge is 2.55. The van der Waals surface area contributed by atoms with E-state index in [2.05, 4.69) is 10.1 Å². The number of halogens is 2. The predicted molar refractivity (Wildman–Crippen MR) is 133 cm³/mol. The Kier molecular flexibility index (Phi) is 6.07. The smallest absolute Gasteiger partial charge is 0.335 e. The summed E-state index contributed by atoms with van der Waals surface area (Å²) in [5, 5.41) is 26.5. The van der Waals surface area contributed by atoms with Crippen molar-refractivity contribution in [3.05, 3.63) is 69.2 Å². The predicted octanol–water partition coefficient (Wildman–Crippen LogP) is 6.21. The molecule has 6 rings (SSSR count). The molecule has 3 saturated carbocycles. The van der Waals surface area contributed by atoms with Crippen LogP contribution in [0.2, 0.25) is 10.0 Å². The molecule has 1 aromatic carbocycles. The second-order valence-corrected chi connectivity index (χ2v) is 11.0. The van der Waals surface area contributed by atoms with Crippen molar-refractivity contribution < 1.29 is 24.3 Å². The van der Waals surface area contributed by atoms with Crippen molar-refractivity contribution in [2.75, 3.05) is 0 Å². The molecule has 9 heteroatoms. The van der Waals surface area contributed by atoms with Gasteiger partial charge < -0.3 is 19.5 Å². The summed E-state index contributed by atoms with van der Waals surface area (Å²) >= 11 is 13.0. The van der Waals surface area contributed by atoms with Crippen molar-refractivity contribution in [2.24, 2.45) is 11.8 Å². The van der Waals surface area contributed by atoms with Gasteiger partial charge in [0.15, 0.2) is 0 Å². The molecule has 2 bridgehead atoms. The first-order chi connectivity index (χ1) is 17.4. The fourth-order valence-corrected chi connectivity index (χ4v) is 6.66. The molecule has 3 aliphatic rings. The van der Waals surface area contributed by atoms with Crippen LogP contribution in [0, 0.1) is 11.8 Å². The van der Waals surface area contributed by atoms with Gasteiger partial charge in [0.25, 0.3) is 0 Å². The standard InChI is InChI=1S/C27H26Cl2N2O5/c28-20-2-1-3-21(29)23(20)24-19(25(36-31-24)14-4-5-14)13-35-18-11-16-6-7-17(12-18)27(16,34)22-10-15(26(32)33)8-9-30-22/h1-3,8-10,14,16-18,34H,4-7,11-13H2,(H,32,33). The molecule has 2 heterocycles. The minimum absolute atomic E-state index is 0.0537. The number of hydrogen-bond acceptors (Lipinski definition) is 6. The lowest BCUT2D eigenvalue weighted by atomic mass is 9.71. The second kappa shape index (κ2) is 9.14. The third-order valence-corrected chi connectivity index (χ3v) is 8.68. The SMILES string of the molecule is O=C(O)c1ccnc(C2(O)C3CCC2CC(OCc2c(-c4c(Cl)cccc4Cl)noc2C2CC2)C3)c1. The molecule has 0 spiro atoms. The van der Waals surface area contributed by atoms with E-state index in [1.165, 1.54) is 18.3 Å². The van der Waals surface area contributed by atoms with Crippen molar-refractivity contribution in [1.82, 2.24) is 10.1 Å². The molecular weight excluding hydrogens is 503 g/mol. The number of ether oxygens (including phenoxy) is 1. The number of carboxylic acids is 1. The van der Waals surface area contributed by atoms with Crippen molar-refractivity contribution in [1.29, 1.82) is 0 Å². The molecule has 0 radical (unpaired) electrons. The monoisotopic (exact) mass is 528 g/mol. The Morgan fingerprint density at radius 3 is 2.44 bits per heavy atom. The average molecular weight is 529 g/mol. The lowest BCUT2D eigenvalue weighted by molar-refractivity contribution is -0.118. The lowest BCUT2D eigenvalue weighted by Crippen LogP contribution is -2.45. The molecule has 0 amide bonds. The Bertz CT molecular complexity index is 1290. The minimum Gasteiger partial charge on any atom is -0.478 e. The van der Waals surface area contributed by atoms with Crippen LogP contribution in [0.1, 0.15) is 71.8 Å². The van der Waals surface area contributed by atoms with E-state index in [-0.39, 0.29) is 23.5 Å². The Morgan fingerprint density at radius 1 is 1.11 bits per heavy atom. The van der Waals surface area contributed by atoms with Crippen molar-refractivity contribution in [3.8, 4) is 11.3 Å². The van der Waals surface area contributed by atoms with Gasteiger partial charge in [0.05, 0.1) is 34.0 Å². The van der Waals surface area contributed by atoms with E-state index in [1.807, 2.05) is 0 Å². The topological polar surface area (TPSA) is 106 Å². The van der Waals surface area contributed by atoms with Crippen LogP contribution < -0.4 is 0 Å². The highest BCUT2D eigenvalue weighted by molar-refractivity contribution is 6.39. The van der Waals surface area contributed by atoms with Crippen molar-refractivity contribution in [2.45, 2.75) is 62.8 Å². The Labute approximate surface area is 218 Å². The number of benzene rings is 1. The number of rotatable bonds is 7. The summed E-state index contributed by atoms with van der Waals surface area (Å²) in [6, 6.07) is 8.32. The zero-order valence-electron chi connectivity index (χ0n) is 19.5. The maximum Gasteiger partial charge on any atom is 0.335 e. The first kappa shape index (κ1) is 23.9. The van der Waals surface area contributed by atoms with E-state index in [0.29, 0.717) is 52.4 Å². The maximum atomic E-state index is 11.7. The number of aromatic carboxylic acids is 1. The van der Waals surface area contributed by atoms with Crippen LogP contribution in [0.4, 0.5) is 0 Å². The van der Waals surface area contributed by atoms with E-state index in [0.717, 1.165) is 37.0 Å². The average Bonchev–Trinajstić information content (AvgIpc) is 3.60. The highest BCUT2D eigenvalue weighted by atomic mass is 35.5. The van der Waals surface area contributed by atoms with E-state index in [1.54, 1.807) is 18.2 Å². The van der Waals surface area contributed by atoms with Crippen molar-refractivity contribution in [3.63, 3.8) is 0 Å². The van der Waals surface area contributed by atoms with Crippen molar-refractivity contribution >= 4 is 29.2 Å². The van der Waals surface area contributed by atoms with Gasteiger partial charge >= 0.3 is 5.97 Å². The lowest BCUT2D eigenvalue weighted by Gasteiger charge is -2.42. The summed E-state index contributed by atoms with van der Waals surface area (Å²) in [6.45, 7) is 0.321. The molecule has 2 aromatic heterocycles. The van der Waals surface area contributed by atoms with Gasteiger partial charge in [-0.05, 0) is 74.6 Å².